The Balaban J connectivity index is 1.42. The van der Waals surface area contributed by atoms with E-state index in [0.29, 0.717) is 37.6 Å². The molecular weight excluding hydrogens is 452 g/mol. The predicted molar refractivity (Wildman–Crippen MR) is 129 cm³/mol. The second kappa shape index (κ2) is 10.4. The second-order valence-corrected chi connectivity index (χ2v) is 9.62. The van der Waals surface area contributed by atoms with Crippen LogP contribution in [0.25, 0.3) is 0 Å². The van der Waals surface area contributed by atoms with Gasteiger partial charge in [-0.2, -0.15) is 9.57 Å². The first kappa shape index (κ1) is 23.3. The van der Waals surface area contributed by atoms with Crippen LogP contribution >= 0.6 is 0 Å². The maximum Gasteiger partial charge on any atom is 0.255 e. The molecule has 4 rings (SSSR count). The second-order valence-electron chi connectivity index (χ2n) is 7.68. The molecule has 1 aliphatic heterocycles. The van der Waals surface area contributed by atoms with Crippen molar-refractivity contribution in [3.05, 3.63) is 84.4 Å². The van der Waals surface area contributed by atoms with Gasteiger partial charge < -0.3 is 15.0 Å². The largest absolute Gasteiger partial charge is 0.479 e. The third-order valence-electron chi connectivity index (χ3n) is 5.51. The molecule has 34 heavy (non-hydrogen) atoms. The molecule has 1 aliphatic rings. The Bertz CT molecular complexity index is 1280. The summed E-state index contributed by atoms with van der Waals surface area (Å²) in [5.74, 6) is 0.0941. The normalized spacial score (nSPS) is 14.3. The molecule has 8 nitrogen and oxygen atoms in total. The van der Waals surface area contributed by atoms with Crippen molar-refractivity contribution in [3.8, 4) is 11.8 Å². The Labute approximate surface area is 199 Å². The van der Waals surface area contributed by atoms with Crippen molar-refractivity contribution in [1.29, 1.82) is 5.26 Å². The molecule has 0 bridgehead atoms. The quantitative estimate of drug-likeness (QED) is 0.561. The number of sulfonamides is 1. The number of ether oxygens (including phenoxy) is 1. The lowest BCUT2D eigenvalue weighted by molar-refractivity contribution is 0.102. The van der Waals surface area contributed by atoms with E-state index in [1.54, 1.807) is 36.4 Å². The highest BCUT2D eigenvalue weighted by atomic mass is 32.2. The van der Waals surface area contributed by atoms with Gasteiger partial charge in [0.05, 0.1) is 4.90 Å². The number of carbonyl (C=O) groups is 1. The number of hydrogen-bond donors (Lipinski definition) is 1. The maximum atomic E-state index is 13.2. The van der Waals surface area contributed by atoms with E-state index in [1.807, 2.05) is 36.4 Å². The number of carbonyl (C=O) groups excluding carboxylic acids is 1. The lowest BCUT2D eigenvalue weighted by atomic mass is 10.2. The van der Waals surface area contributed by atoms with Crippen molar-refractivity contribution < 1.29 is 17.9 Å². The molecule has 3 aromatic carbocycles. The van der Waals surface area contributed by atoms with E-state index in [0.717, 1.165) is 5.69 Å². The molecule has 0 radical (unpaired) electrons. The number of piperazine rings is 1. The molecule has 1 heterocycles. The SMILES string of the molecule is N#CCOc1ccc(NC(=O)c2cccc(S(=O)(=O)N3CCN(c4ccccc4)CC3)c2)cc1. The zero-order valence-electron chi connectivity index (χ0n) is 18.4. The van der Waals surface area contributed by atoms with Crippen LogP contribution in [0.4, 0.5) is 11.4 Å². The summed E-state index contributed by atoms with van der Waals surface area (Å²) in [5.41, 5.74) is 1.84. The van der Waals surface area contributed by atoms with E-state index in [9.17, 15) is 13.2 Å². The van der Waals surface area contributed by atoms with Crippen molar-refractivity contribution in [2.75, 3.05) is 43.0 Å². The minimum absolute atomic E-state index is 0.0612. The molecular formula is C25H24N4O4S. The number of para-hydroxylation sites is 1. The van der Waals surface area contributed by atoms with Gasteiger partial charge in [-0.25, -0.2) is 8.42 Å². The monoisotopic (exact) mass is 476 g/mol. The lowest BCUT2D eigenvalue weighted by Crippen LogP contribution is -2.48. The Hall–Kier alpha value is -3.87. The third kappa shape index (κ3) is 5.36. The summed E-state index contributed by atoms with van der Waals surface area (Å²) in [4.78, 5) is 15.0. The van der Waals surface area contributed by atoms with Gasteiger partial charge in [0.25, 0.3) is 5.91 Å². The van der Waals surface area contributed by atoms with Gasteiger partial charge >= 0.3 is 0 Å². The third-order valence-corrected chi connectivity index (χ3v) is 7.40. The Morgan fingerprint density at radius 2 is 1.65 bits per heavy atom. The maximum absolute atomic E-state index is 13.2. The van der Waals surface area contributed by atoms with Crippen LogP contribution < -0.4 is 15.0 Å². The molecule has 3 aromatic rings. The molecule has 1 amide bonds. The number of hydrogen-bond acceptors (Lipinski definition) is 6. The number of nitrogens with zero attached hydrogens (tertiary/aromatic N) is 3. The zero-order chi connectivity index (χ0) is 24.0. The van der Waals surface area contributed by atoms with E-state index < -0.39 is 15.9 Å². The Kier molecular flexibility index (Phi) is 7.11. The summed E-state index contributed by atoms with van der Waals surface area (Å²) >= 11 is 0. The minimum atomic E-state index is -3.73. The smallest absolute Gasteiger partial charge is 0.255 e. The topological polar surface area (TPSA) is 103 Å². The molecule has 0 aliphatic carbocycles. The predicted octanol–water partition coefficient (Wildman–Crippen LogP) is 3.35. The van der Waals surface area contributed by atoms with Gasteiger partial charge in [0, 0.05) is 43.1 Å². The molecule has 0 spiro atoms. The molecule has 0 saturated carbocycles. The summed E-state index contributed by atoms with van der Waals surface area (Å²) in [6, 6.07) is 24.4. The van der Waals surface area contributed by atoms with Crippen LogP contribution in [0.1, 0.15) is 10.4 Å². The first-order valence-corrected chi connectivity index (χ1v) is 12.2. The summed E-state index contributed by atoms with van der Waals surface area (Å²) in [5, 5.41) is 11.3. The van der Waals surface area contributed by atoms with Crippen LogP contribution in [0.15, 0.2) is 83.8 Å². The van der Waals surface area contributed by atoms with Gasteiger partial charge in [-0.05, 0) is 54.6 Å². The van der Waals surface area contributed by atoms with Gasteiger partial charge in [0.15, 0.2) is 6.61 Å². The van der Waals surface area contributed by atoms with Crippen LogP contribution in [0.2, 0.25) is 0 Å². The molecule has 1 fully saturated rings. The summed E-state index contributed by atoms with van der Waals surface area (Å²) < 4.78 is 33.1. The summed E-state index contributed by atoms with van der Waals surface area (Å²) in [6.07, 6.45) is 0. The Morgan fingerprint density at radius 1 is 0.941 bits per heavy atom. The van der Waals surface area contributed by atoms with Crippen molar-refractivity contribution in [2.45, 2.75) is 4.90 Å². The fourth-order valence-corrected chi connectivity index (χ4v) is 5.19. The fourth-order valence-electron chi connectivity index (χ4n) is 3.73. The zero-order valence-corrected chi connectivity index (χ0v) is 19.2. The van der Waals surface area contributed by atoms with Gasteiger partial charge in [-0.1, -0.05) is 24.3 Å². The average Bonchev–Trinajstić information content (AvgIpc) is 2.89. The Morgan fingerprint density at radius 3 is 2.32 bits per heavy atom. The molecule has 1 saturated heterocycles. The van der Waals surface area contributed by atoms with Gasteiger partial charge in [0.2, 0.25) is 10.0 Å². The number of benzene rings is 3. The number of rotatable bonds is 7. The highest BCUT2D eigenvalue weighted by molar-refractivity contribution is 7.89. The van der Waals surface area contributed by atoms with Gasteiger partial charge in [-0.3, -0.25) is 4.79 Å². The highest BCUT2D eigenvalue weighted by Crippen LogP contribution is 2.22. The molecule has 174 valence electrons. The average molecular weight is 477 g/mol. The fraction of sp³-hybridized carbons (Fsp3) is 0.200. The van der Waals surface area contributed by atoms with E-state index in [2.05, 4.69) is 10.2 Å². The number of amides is 1. The molecule has 0 aromatic heterocycles. The summed E-state index contributed by atoms with van der Waals surface area (Å²) in [7, 11) is -3.73. The van der Waals surface area contributed by atoms with E-state index in [-0.39, 0.29) is 17.1 Å². The first-order valence-electron chi connectivity index (χ1n) is 10.8. The molecule has 1 N–H and O–H groups in total. The van der Waals surface area contributed by atoms with Crippen LogP contribution in [0, 0.1) is 11.3 Å². The van der Waals surface area contributed by atoms with E-state index in [4.69, 9.17) is 10.00 Å². The summed E-state index contributed by atoms with van der Waals surface area (Å²) in [6.45, 7) is 1.87. The van der Waals surface area contributed by atoms with Crippen molar-refractivity contribution in [1.82, 2.24) is 4.31 Å². The van der Waals surface area contributed by atoms with Crippen LogP contribution in [0.3, 0.4) is 0 Å². The van der Waals surface area contributed by atoms with E-state index >= 15 is 0 Å². The highest BCUT2D eigenvalue weighted by Gasteiger charge is 2.29. The van der Waals surface area contributed by atoms with Gasteiger partial charge in [0.1, 0.15) is 11.8 Å². The van der Waals surface area contributed by atoms with Crippen LogP contribution in [0.5, 0.6) is 5.75 Å². The molecule has 9 heteroatoms. The van der Waals surface area contributed by atoms with Crippen molar-refractivity contribution in [3.63, 3.8) is 0 Å². The van der Waals surface area contributed by atoms with Crippen molar-refractivity contribution >= 4 is 27.3 Å². The van der Waals surface area contributed by atoms with Gasteiger partial charge in [-0.15, -0.1) is 0 Å². The number of nitriles is 1. The number of anilines is 2. The van der Waals surface area contributed by atoms with Crippen LogP contribution in [-0.4, -0.2) is 51.4 Å². The standard InChI is InChI=1S/C25H24N4O4S/c26-13-18-33-23-11-9-21(10-12-23)27-25(30)20-5-4-8-24(19-20)34(31,32)29-16-14-28(15-17-29)22-6-2-1-3-7-22/h1-12,19H,14-18H2,(H,27,30). The van der Waals surface area contributed by atoms with Crippen molar-refractivity contribution in [2.24, 2.45) is 0 Å². The van der Waals surface area contributed by atoms with E-state index in [1.165, 1.54) is 16.4 Å². The molecule has 0 atom stereocenters. The number of nitrogens with one attached hydrogen (secondary N) is 1. The first-order chi connectivity index (χ1) is 16.5. The lowest BCUT2D eigenvalue weighted by Gasteiger charge is -2.35. The molecule has 0 unspecified atom stereocenters. The minimum Gasteiger partial charge on any atom is -0.479 e. The van der Waals surface area contributed by atoms with Crippen LogP contribution in [-0.2, 0) is 10.0 Å².